The molecular formula is C29H35N3O4S. The molecule has 0 saturated carbocycles. The molecule has 0 aromatic heterocycles. The van der Waals surface area contributed by atoms with Gasteiger partial charge in [0, 0.05) is 20.0 Å². The molecule has 7 nitrogen and oxygen atoms in total. The van der Waals surface area contributed by atoms with E-state index in [1.807, 2.05) is 80.6 Å². The lowest BCUT2D eigenvalue weighted by molar-refractivity contribution is -0.139. The van der Waals surface area contributed by atoms with Crippen LogP contribution in [0.2, 0.25) is 0 Å². The fourth-order valence-electron chi connectivity index (χ4n) is 4.26. The van der Waals surface area contributed by atoms with Crippen molar-refractivity contribution in [3.63, 3.8) is 0 Å². The van der Waals surface area contributed by atoms with Crippen LogP contribution in [0.25, 0.3) is 0 Å². The lowest BCUT2D eigenvalue weighted by atomic mass is 10.0. The summed E-state index contributed by atoms with van der Waals surface area (Å²) in [6, 6.07) is 23.5. The highest BCUT2D eigenvalue weighted by atomic mass is 32.2. The SMILES string of the molecule is CCc1ccccc1N(CC(=O)N(Cc1ccc(C)cc1)[C@H](Cc1ccccc1)C(=O)NC)S(C)(=O)=O. The Morgan fingerprint density at radius 1 is 0.892 bits per heavy atom. The first kappa shape index (κ1) is 27.9. The molecule has 0 aliphatic rings. The van der Waals surface area contributed by atoms with Crippen LogP contribution in [0, 0.1) is 6.92 Å². The van der Waals surface area contributed by atoms with Crippen molar-refractivity contribution in [2.45, 2.75) is 39.3 Å². The Morgan fingerprint density at radius 2 is 1.51 bits per heavy atom. The summed E-state index contributed by atoms with van der Waals surface area (Å²) in [7, 11) is -2.25. The molecule has 196 valence electrons. The molecule has 2 amide bonds. The Morgan fingerprint density at radius 3 is 2.11 bits per heavy atom. The van der Waals surface area contributed by atoms with Crippen LogP contribution in [0.4, 0.5) is 5.69 Å². The summed E-state index contributed by atoms with van der Waals surface area (Å²) >= 11 is 0. The van der Waals surface area contributed by atoms with E-state index in [4.69, 9.17) is 0 Å². The van der Waals surface area contributed by atoms with Crippen molar-refractivity contribution in [3.8, 4) is 0 Å². The highest BCUT2D eigenvalue weighted by Gasteiger charge is 2.33. The second-order valence-electron chi connectivity index (χ2n) is 9.08. The molecule has 3 aromatic carbocycles. The molecule has 8 heteroatoms. The van der Waals surface area contributed by atoms with Gasteiger partial charge >= 0.3 is 0 Å². The highest BCUT2D eigenvalue weighted by molar-refractivity contribution is 7.92. The van der Waals surface area contributed by atoms with Gasteiger partial charge in [-0.15, -0.1) is 0 Å². The molecule has 1 N–H and O–H groups in total. The lowest BCUT2D eigenvalue weighted by Gasteiger charge is -2.33. The molecule has 0 heterocycles. The van der Waals surface area contributed by atoms with Crippen molar-refractivity contribution >= 4 is 27.5 Å². The van der Waals surface area contributed by atoms with Crippen molar-refractivity contribution in [2.24, 2.45) is 0 Å². The van der Waals surface area contributed by atoms with Crippen LogP contribution in [0.3, 0.4) is 0 Å². The predicted octanol–water partition coefficient (Wildman–Crippen LogP) is 3.71. The van der Waals surface area contributed by atoms with E-state index in [9.17, 15) is 18.0 Å². The molecule has 0 aliphatic heterocycles. The smallest absolute Gasteiger partial charge is 0.244 e. The summed E-state index contributed by atoms with van der Waals surface area (Å²) in [5, 5.41) is 2.68. The van der Waals surface area contributed by atoms with Crippen LogP contribution in [0.5, 0.6) is 0 Å². The van der Waals surface area contributed by atoms with Gasteiger partial charge in [-0.3, -0.25) is 13.9 Å². The summed E-state index contributed by atoms with van der Waals surface area (Å²) < 4.78 is 26.9. The van der Waals surface area contributed by atoms with Crippen LogP contribution in [0.1, 0.15) is 29.2 Å². The number of hydrogen-bond acceptors (Lipinski definition) is 4. The van der Waals surface area contributed by atoms with E-state index in [1.165, 1.54) is 11.9 Å². The molecule has 0 unspecified atom stereocenters. The topological polar surface area (TPSA) is 86.8 Å². The van der Waals surface area contributed by atoms with Crippen LogP contribution in [0.15, 0.2) is 78.9 Å². The maximum atomic E-state index is 13.9. The second-order valence-corrected chi connectivity index (χ2v) is 11.0. The number of rotatable bonds is 11. The van der Waals surface area contributed by atoms with Crippen molar-refractivity contribution in [1.29, 1.82) is 0 Å². The number of hydrogen-bond donors (Lipinski definition) is 1. The minimum Gasteiger partial charge on any atom is -0.357 e. The summed E-state index contributed by atoms with van der Waals surface area (Å²) in [6.45, 7) is 3.66. The number of carbonyl (C=O) groups excluding carboxylic acids is 2. The zero-order valence-electron chi connectivity index (χ0n) is 21.8. The Hall–Kier alpha value is -3.65. The number of nitrogens with one attached hydrogen (secondary N) is 1. The number of nitrogens with zero attached hydrogens (tertiary/aromatic N) is 2. The number of benzene rings is 3. The summed E-state index contributed by atoms with van der Waals surface area (Å²) in [4.78, 5) is 28.5. The molecule has 3 aromatic rings. The van der Waals surface area contributed by atoms with Gasteiger partial charge in [0.2, 0.25) is 21.8 Å². The van der Waals surface area contributed by atoms with Crippen molar-refractivity contribution in [3.05, 3.63) is 101 Å². The van der Waals surface area contributed by atoms with E-state index in [-0.39, 0.29) is 12.5 Å². The van der Waals surface area contributed by atoms with E-state index >= 15 is 0 Å². The van der Waals surface area contributed by atoms with Crippen molar-refractivity contribution in [1.82, 2.24) is 10.2 Å². The standard InChI is InChI=1S/C29H35N3O4S/c1-5-25-13-9-10-14-26(25)32(37(4,35)36)21-28(33)31(20-24-17-15-22(2)16-18-24)27(29(34)30-3)19-23-11-7-6-8-12-23/h6-18,27H,5,19-21H2,1-4H3,(H,30,34)/t27-/m1/s1. The average molecular weight is 522 g/mol. The van der Waals surface area contributed by atoms with Crippen LogP contribution >= 0.6 is 0 Å². The van der Waals surface area contributed by atoms with Gasteiger partial charge in [-0.05, 0) is 36.1 Å². The zero-order chi connectivity index (χ0) is 27.0. The first-order chi connectivity index (χ1) is 17.6. The molecule has 37 heavy (non-hydrogen) atoms. The van der Waals surface area contributed by atoms with Gasteiger partial charge in [0.05, 0.1) is 11.9 Å². The molecule has 0 fully saturated rings. The minimum atomic E-state index is -3.78. The number of likely N-dealkylation sites (N-methyl/N-ethyl adjacent to an activating group) is 1. The number of anilines is 1. The van der Waals surface area contributed by atoms with Gasteiger partial charge in [0.15, 0.2) is 0 Å². The zero-order valence-corrected chi connectivity index (χ0v) is 22.7. The Kier molecular flexibility index (Phi) is 9.47. The normalized spacial score (nSPS) is 12.0. The summed E-state index contributed by atoms with van der Waals surface area (Å²) in [5.74, 6) is -0.773. The molecule has 0 aliphatic carbocycles. The molecule has 0 spiro atoms. The number of amides is 2. The third-order valence-corrected chi connectivity index (χ3v) is 7.44. The van der Waals surface area contributed by atoms with Gasteiger partial charge in [0.25, 0.3) is 0 Å². The monoisotopic (exact) mass is 521 g/mol. The molecule has 0 bridgehead atoms. The third kappa shape index (κ3) is 7.43. The molecule has 0 saturated heterocycles. The Bertz CT molecular complexity index is 1310. The summed E-state index contributed by atoms with van der Waals surface area (Å²) in [6.07, 6.45) is 2.00. The third-order valence-electron chi connectivity index (χ3n) is 6.31. The van der Waals surface area contributed by atoms with E-state index in [0.717, 1.165) is 32.8 Å². The van der Waals surface area contributed by atoms with Gasteiger partial charge < -0.3 is 10.2 Å². The maximum absolute atomic E-state index is 13.9. The van der Waals surface area contributed by atoms with Gasteiger partial charge in [-0.25, -0.2) is 8.42 Å². The maximum Gasteiger partial charge on any atom is 0.244 e. The molecule has 1 atom stereocenters. The molecular weight excluding hydrogens is 486 g/mol. The van der Waals surface area contributed by atoms with Crippen molar-refractivity contribution < 1.29 is 18.0 Å². The lowest BCUT2D eigenvalue weighted by Crippen LogP contribution is -2.53. The number of para-hydroxylation sites is 1. The van der Waals surface area contributed by atoms with Crippen LogP contribution < -0.4 is 9.62 Å². The first-order valence-corrected chi connectivity index (χ1v) is 14.1. The number of aryl methyl sites for hydroxylation is 2. The number of sulfonamides is 1. The van der Waals surface area contributed by atoms with Crippen molar-refractivity contribution in [2.75, 3.05) is 24.2 Å². The average Bonchev–Trinajstić information content (AvgIpc) is 2.89. The van der Waals surface area contributed by atoms with Gasteiger partial charge in [-0.2, -0.15) is 0 Å². The molecule has 3 rings (SSSR count). The molecule has 0 radical (unpaired) electrons. The fourth-order valence-corrected chi connectivity index (χ4v) is 5.14. The summed E-state index contributed by atoms with van der Waals surface area (Å²) in [5.41, 5.74) is 4.11. The first-order valence-electron chi connectivity index (χ1n) is 12.3. The van der Waals surface area contributed by atoms with Gasteiger partial charge in [-0.1, -0.05) is 85.3 Å². The largest absolute Gasteiger partial charge is 0.357 e. The van der Waals surface area contributed by atoms with E-state index in [1.54, 1.807) is 12.1 Å². The quantitative estimate of drug-likeness (QED) is 0.417. The predicted molar refractivity (Wildman–Crippen MR) is 148 cm³/mol. The Labute approximate surface area is 220 Å². The fraction of sp³-hybridized carbons (Fsp3) is 0.310. The minimum absolute atomic E-state index is 0.164. The van der Waals surface area contributed by atoms with E-state index < -0.39 is 28.5 Å². The Balaban J connectivity index is 2.04. The van der Waals surface area contributed by atoms with E-state index in [0.29, 0.717) is 18.5 Å². The van der Waals surface area contributed by atoms with E-state index in [2.05, 4.69) is 5.32 Å². The second kappa shape index (κ2) is 12.5. The number of carbonyl (C=O) groups is 2. The van der Waals surface area contributed by atoms with Crippen LogP contribution in [-0.4, -0.2) is 51.0 Å². The highest BCUT2D eigenvalue weighted by Crippen LogP contribution is 2.24. The van der Waals surface area contributed by atoms with Crippen LogP contribution in [-0.2, 0) is 39.0 Å². The van der Waals surface area contributed by atoms with Gasteiger partial charge in [0.1, 0.15) is 12.6 Å².